The second-order valence-corrected chi connectivity index (χ2v) is 5.51. The molecule has 0 aliphatic carbocycles. The van der Waals surface area contributed by atoms with Crippen LogP contribution in [-0.2, 0) is 19.9 Å². The van der Waals surface area contributed by atoms with E-state index in [-0.39, 0.29) is 0 Å². The third-order valence-electron chi connectivity index (χ3n) is 3.56. The molecule has 1 atom stereocenters. The lowest BCUT2D eigenvalue weighted by Crippen LogP contribution is -2.31. The van der Waals surface area contributed by atoms with Crippen LogP contribution in [0.2, 0.25) is 5.02 Å². The van der Waals surface area contributed by atoms with Crippen LogP contribution in [0.1, 0.15) is 24.6 Å². The van der Waals surface area contributed by atoms with Crippen LogP contribution in [0.5, 0.6) is 0 Å². The number of likely N-dealkylation sites (N-methyl/N-ethyl adjacent to an activating group) is 1. The zero-order valence-corrected chi connectivity index (χ0v) is 12.9. The van der Waals surface area contributed by atoms with Crippen LogP contribution in [0, 0.1) is 0 Å². The number of aromatic nitrogens is 2. The minimum atomic E-state index is 0.482. The van der Waals surface area contributed by atoms with Crippen LogP contribution in [0.25, 0.3) is 0 Å². The van der Waals surface area contributed by atoms with E-state index >= 15 is 0 Å². The van der Waals surface area contributed by atoms with Gasteiger partial charge in [-0.1, -0.05) is 30.7 Å². The molecule has 0 saturated heterocycles. The van der Waals surface area contributed by atoms with Gasteiger partial charge in [0, 0.05) is 30.0 Å². The molecule has 4 heteroatoms. The van der Waals surface area contributed by atoms with Crippen molar-refractivity contribution in [3.05, 3.63) is 52.8 Å². The first kappa shape index (κ1) is 15.1. The molecule has 0 aliphatic heterocycles. The Bertz CT molecular complexity index is 519. The van der Waals surface area contributed by atoms with Crippen molar-refractivity contribution >= 4 is 11.6 Å². The SMILES string of the molecule is CCNC(CCc1ccnn1C)Cc1ccc(Cl)cc1. The zero-order valence-electron chi connectivity index (χ0n) is 12.1. The van der Waals surface area contributed by atoms with E-state index in [1.54, 1.807) is 0 Å². The molecule has 0 fully saturated rings. The van der Waals surface area contributed by atoms with Gasteiger partial charge in [-0.2, -0.15) is 5.10 Å². The summed E-state index contributed by atoms with van der Waals surface area (Å²) in [4.78, 5) is 0. The van der Waals surface area contributed by atoms with Gasteiger partial charge in [-0.3, -0.25) is 4.68 Å². The monoisotopic (exact) mass is 291 g/mol. The molecular weight excluding hydrogens is 270 g/mol. The molecule has 0 spiro atoms. The quantitative estimate of drug-likeness (QED) is 0.849. The summed E-state index contributed by atoms with van der Waals surface area (Å²) in [5, 5.41) is 8.58. The Labute approximate surface area is 126 Å². The number of rotatable bonds is 7. The van der Waals surface area contributed by atoms with Gasteiger partial charge in [0.05, 0.1) is 0 Å². The van der Waals surface area contributed by atoms with Gasteiger partial charge >= 0.3 is 0 Å². The average molecular weight is 292 g/mol. The summed E-state index contributed by atoms with van der Waals surface area (Å²) < 4.78 is 1.95. The third-order valence-corrected chi connectivity index (χ3v) is 3.81. The van der Waals surface area contributed by atoms with Crippen molar-refractivity contribution in [1.82, 2.24) is 15.1 Å². The van der Waals surface area contributed by atoms with Crippen LogP contribution in [0.15, 0.2) is 36.5 Å². The molecule has 1 aromatic carbocycles. The molecule has 1 aromatic heterocycles. The van der Waals surface area contributed by atoms with Gasteiger partial charge in [0.15, 0.2) is 0 Å². The van der Waals surface area contributed by atoms with Crippen LogP contribution in [-0.4, -0.2) is 22.4 Å². The normalized spacial score (nSPS) is 12.6. The maximum atomic E-state index is 5.93. The van der Waals surface area contributed by atoms with E-state index in [0.717, 1.165) is 30.8 Å². The topological polar surface area (TPSA) is 29.9 Å². The van der Waals surface area contributed by atoms with E-state index in [1.807, 2.05) is 30.1 Å². The molecule has 108 valence electrons. The number of nitrogens with one attached hydrogen (secondary N) is 1. The van der Waals surface area contributed by atoms with Gasteiger partial charge in [0.2, 0.25) is 0 Å². The maximum absolute atomic E-state index is 5.93. The minimum Gasteiger partial charge on any atom is -0.314 e. The molecule has 0 bridgehead atoms. The molecule has 2 rings (SSSR count). The first-order valence-corrected chi connectivity index (χ1v) is 7.51. The van der Waals surface area contributed by atoms with Crippen molar-refractivity contribution in [3.8, 4) is 0 Å². The van der Waals surface area contributed by atoms with E-state index in [4.69, 9.17) is 11.6 Å². The molecule has 1 unspecified atom stereocenters. The highest BCUT2D eigenvalue weighted by atomic mass is 35.5. The van der Waals surface area contributed by atoms with Crippen molar-refractivity contribution < 1.29 is 0 Å². The van der Waals surface area contributed by atoms with Crippen molar-refractivity contribution in [3.63, 3.8) is 0 Å². The lowest BCUT2D eigenvalue weighted by atomic mass is 10.0. The number of hydrogen-bond acceptors (Lipinski definition) is 2. The number of nitrogens with zero attached hydrogens (tertiary/aromatic N) is 2. The highest BCUT2D eigenvalue weighted by Gasteiger charge is 2.10. The largest absolute Gasteiger partial charge is 0.314 e. The zero-order chi connectivity index (χ0) is 14.4. The van der Waals surface area contributed by atoms with Gasteiger partial charge in [0.25, 0.3) is 0 Å². The van der Waals surface area contributed by atoms with Gasteiger partial charge in [-0.25, -0.2) is 0 Å². The summed E-state index contributed by atoms with van der Waals surface area (Å²) in [5.41, 5.74) is 2.61. The Morgan fingerprint density at radius 3 is 2.60 bits per heavy atom. The smallest absolute Gasteiger partial charge is 0.0492 e. The molecule has 2 aromatic rings. The van der Waals surface area contributed by atoms with E-state index in [0.29, 0.717) is 6.04 Å². The van der Waals surface area contributed by atoms with Crippen molar-refractivity contribution in [2.45, 2.75) is 32.2 Å². The number of aryl methyl sites for hydroxylation is 2. The van der Waals surface area contributed by atoms with Gasteiger partial charge in [-0.15, -0.1) is 0 Å². The molecule has 0 amide bonds. The molecular formula is C16H22ClN3. The molecule has 0 radical (unpaired) electrons. The van der Waals surface area contributed by atoms with E-state index in [9.17, 15) is 0 Å². The van der Waals surface area contributed by atoms with Crippen LogP contribution in [0.4, 0.5) is 0 Å². The summed E-state index contributed by atoms with van der Waals surface area (Å²) in [7, 11) is 2.00. The van der Waals surface area contributed by atoms with Crippen LogP contribution in [0.3, 0.4) is 0 Å². The second kappa shape index (κ2) is 7.46. The highest BCUT2D eigenvalue weighted by Crippen LogP contribution is 2.13. The molecule has 3 nitrogen and oxygen atoms in total. The van der Waals surface area contributed by atoms with Crippen molar-refractivity contribution in [2.24, 2.45) is 7.05 Å². The summed E-state index contributed by atoms with van der Waals surface area (Å²) in [5.74, 6) is 0. The second-order valence-electron chi connectivity index (χ2n) is 5.07. The van der Waals surface area contributed by atoms with Crippen molar-refractivity contribution in [1.29, 1.82) is 0 Å². The Morgan fingerprint density at radius 2 is 2.00 bits per heavy atom. The predicted molar refractivity (Wildman–Crippen MR) is 84.1 cm³/mol. The molecule has 1 N–H and O–H groups in total. The van der Waals surface area contributed by atoms with E-state index in [1.165, 1.54) is 11.3 Å². The lowest BCUT2D eigenvalue weighted by Gasteiger charge is -2.18. The first-order valence-electron chi connectivity index (χ1n) is 7.13. The van der Waals surface area contributed by atoms with Gasteiger partial charge in [-0.05, 0) is 49.6 Å². The molecule has 0 saturated carbocycles. The van der Waals surface area contributed by atoms with Crippen LogP contribution >= 0.6 is 11.6 Å². The van der Waals surface area contributed by atoms with Gasteiger partial charge < -0.3 is 5.32 Å². The Hall–Kier alpha value is -1.32. The fourth-order valence-electron chi connectivity index (χ4n) is 2.44. The molecule has 20 heavy (non-hydrogen) atoms. The van der Waals surface area contributed by atoms with Crippen LogP contribution < -0.4 is 5.32 Å². The Morgan fingerprint density at radius 1 is 1.25 bits per heavy atom. The fraction of sp³-hybridized carbons (Fsp3) is 0.438. The summed E-state index contributed by atoms with van der Waals surface area (Å²) in [6.07, 6.45) is 5.04. The number of benzene rings is 1. The van der Waals surface area contributed by atoms with Crippen molar-refractivity contribution in [2.75, 3.05) is 6.54 Å². The molecule has 0 aliphatic rings. The maximum Gasteiger partial charge on any atom is 0.0492 e. The summed E-state index contributed by atoms with van der Waals surface area (Å²) >= 11 is 5.93. The molecule has 1 heterocycles. The Kier molecular flexibility index (Phi) is 5.62. The standard InChI is InChI=1S/C16H22ClN3/c1-3-18-15(8-9-16-10-11-19-20(16)2)12-13-4-6-14(17)7-5-13/h4-7,10-11,15,18H,3,8-9,12H2,1-2H3. The Balaban J connectivity index is 1.93. The lowest BCUT2D eigenvalue weighted by molar-refractivity contribution is 0.484. The number of hydrogen-bond donors (Lipinski definition) is 1. The number of halogens is 1. The highest BCUT2D eigenvalue weighted by molar-refractivity contribution is 6.30. The average Bonchev–Trinajstić information content (AvgIpc) is 2.84. The third kappa shape index (κ3) is 4.36. The summed E-state index contributed by atoms with van der Waals surface area (Å²) in [6, 6.07) is 10.7. The summed E-state index contributed by atoms with van der Waals surface area (Å²) in [6.45, 7) is 3.14. The minimum absolute atomic E-state index is 0.482. The first-order chi connectivity index (χ1) is 9.69. The fourth-order valence-corrected chi connectivity index (χ4v) is 2.56. The van der Waals surface area contributed by atoms with E-state index in [2.05, 4.69) is 35.5 Å². The van der Waals surface area contributed by atoms with E-state index < -0.39 is 0 Å². The predicted octanol–water partition coefficient (Wildman–Crippen LogP) is 3.23. The van der Waals surface area contributed by atoms with Gasteiger partial charge in [0.1, 0.15) is 0 Å².